The minimum Gasteiger partial charge on any atom is -0.461 e. The van der Waals surface area contributed by atoms with Crippen molar-refractivity contribution in [3.05, 3.63) is 0 Å². The van der Waals surface area contributed by atoms with Crippen molar-refractivity contribution in [2.45, 2.75) is 91.5 Å². The first-order chi connectivity index (χ1) is 10.5. The molecule has 136 valence electrons. The molecule has 0 aromatic rings. The molecule has 6 nitrogen and oxygen atoms in total. The van der Waals surface area contributed by atoms with E-state index in [2.05, 4.69) is 24.5 Å². The topological polar surface area (TPSA) is 76.7 Å². The molecule has 0 heterocycles. The van der Waals surface area contributed by atoms with E-state index in [9.17, 15) is 9.59 Å². The summed E-state index contributed by atoms with van der Waals surface area (Å²) < 4.78 is 10.4. The zero-order chi connectivity index (χ0) is 18.0. The fraction of sp³-hybridized carbons (Fsp3) is 0.882. The number of esters is 1. The molecule has 0 saturated carbocycles. The molecular weight excluding hydrogens is 296 g/mol. The summed E-state index contributed by atoms with van der Waals surface area (Å²) in [5, 5.41) is 5.95. The fourth-order valence-electron chi connectivity index (χ4n) is 1.88. The molecule has 0 unspecified atom stereocenters. The van der Waals surface area contributed by atoms with Crippen LogP contribution >= 0.6 is 0 Å². The molecule has 0 fully saturated rings. The van der Waals surface area contributed by atoms with Crippen LogP contribution in [0.1, 0.15) is 67.7 Å². The van der Waals surface area contributed by atoms with E-state index in [4.69, 9.17) is 9.47 Å². The predicted molar refractivity (Wildman–Crippen MR) is 91.4 cm³/mol. The molecule has 0 rings (SSSR count). The zero-order valence-electron chi connectivity index (χ0n) is 15.7. The number of hydrogen-bond acceptors (Lipinski definition) is 5. The number of carbonyl (C=O) groups excluding carboxylic acids is 2. The van der Waals surface area contributed by atoms with Crippen molar-refractivity contribution >= 4 is 12.1 Å². The van der Waals surface area contributed by atoms with Gasteiger partial charge >= 0.3 is 12.1 Å². The van der Waals surface area contributed by atoms with Crippen LogP contribution < -0.4 is 10.6 Å². The van der Waals surface area contributed by atoms with E-state index in [0.29, 0.717) is 12.5 Å². The maximum atomic E-state index is 12.1. The van der Waals surface area contributed by atoms with Gasteiger partial charge in [0.2, 0.25) is 0 Å². The number of ether oxygens (including phenoxy) is 2. The first-order valence-electron chi connectivity index (χ1n) is 8.44. The average molecular weight is 330 g/mol. The Morgan fingerprint density at radius 2 is 1.65 bits per heavy atom. The molecule has 2 N–H and O–H groups in total. The summed E-state index contributed by atoms with van der Waals surface area (Å²) in [6.07, 6.45) is 1.47. The van der Waals surface area contributed by atoms with E-state index in [1.807, 2.05) is 0 Å². The SMILES string of the molecule is CC(C)NCCCC[C@H](NC(=O)OC(C)(C)C)C(=O)OC(C)C. The van der Waals surface area contributed by atoms with Gasteiger partial charge < -0.3 is 20.1 Å². The first-order valence-corrected chi connectivity index (χ1v) is 8.44. The molecule has 6 heteroatoms. The van der Waals surface area contributed by atoms with Crippen molar-refractivity contribution in [2.75, 3.05) is 6.54 Å². The van der Waals surface area contributed by atoms with Crippen LogP contribution in [0.5, 0.6) is 0 Å². The molecule has 0 aliphatic rings. The second-order valence-electron chi connectivity index (χ2n) is 7.29. The van der Waals surface area contributed by atoms with Gasteiger partial charge in [-0.2, -0.15) is 0 Å². The van der Waals surface area contributed by atoms with E-state index < -0.39 is 23.7 Å². The second kappa shape index (κ2) is 10.5. The van der Waals surface area contributed by atoms with Crippen LogP contribution in [-0.2, 0) is 14.3 Å². The molecule has 1 amide bonds. The predicted octanol–water partition coefficient (Wildman–Crippen LogP) is 3.00. The van der Waals surface area contributed by atoms with E-state index in [-0.39, 0.29) is 6.10 Å². The summed E-state index contributed by atoms with van der Waals surface area (Å²) in [4.78, 5) is 24.0. The molecular formula is C17H34N2O4. The number of nitrogens with one attached hydrogen (secondary N) is 2. The van der Waals surface area contributed by atoms with Crippen molar-refractivity contribution in [3.8, 4) is 0 Å². The number of hydrogen-bond donors (Lipinski definition) is 2. The van der Waals surface area contributed by atoms with Crippen LogP contribution in [0.2, 0.25) is 0 Å². The fourth-order valence-corrected chi connectivity index (χ4v) is 1.88. The van der Waals surface area contributed by atoms with Gasteiger partial charge in [-0.15, -0.1) is 0 Å². The third-order valence-electron chi connectivity index (χ3n) is 2.80. The lowest BCUT2D eigenvalue weighted by molar-refractivity contribution is -0.150. The standard InChI is InChI=1S/C17H34N2O4/c1-12(2)18-11-9-8-10-14(15(20)22-13(3)4)19-16(21)23-17(5,6)7/h12-14,18H,8-11H2,1-7H3,(H,19,21)/t14-/m0/s1. The maximum Gasteiger partial charge on any atom is 0.408 e. The third kappa shape index (κ3) is 12.9. The quantitative estimate of drug-likeness (QED) is 0.502. The van der Waals surface area contributed by atoms with E-state index >= 15 is 0 Å². The Hall–Kier alpha value is -1.30. The second-order valence-corrected chi connectivity index (χ2v) is 7.29. The van der Waals surface area contributed by atoms with Gasteiger partial charge in [-0.3, -0.25) is 0 Å². The summed E-state index contributed by atoms with van der Waals surface area (Å²) >= 11 is 0. The summed E-state index contributed by atoms with van der Waals surface area (Å²) in [5.41, 5.74) is -0.599. The van der Waals surface area contributed by atoms with Crippen molar-refractivity contribution < 1.29 is 19.1 Å². The van der Waals surface area contributed by atoms with Gasteiger partial charge in [-0.1, -0.05) is 13.8 Å². The number of alkyl carbamates (subject to hydrolysis) is 1. The van der Waals surface area contributed by atoms with Gasteiger partial charge in [0.1, 0.15) is 11.6 Å². The number of unbranched alkanes of at least 4 members (excludes halogenated alkanes) is 1. The van der Waals surface area contributed by atoms with E-state index in [1.165, 1.54) is 0 Å². The van der Waals surface area contributed by atoms with Crippen LogP contribution in [0.3, 0.4) is 0 Å². The van der Waals surface area contributed by atoms with Crippen LogP contribution in [-0.4, -0.2) is 42.4 Å². The van der Waals surface area contributed by atoms with Crippen molar-refractivity contribution in [2.24, 2.45) is 0 Å². The van der Waals surface area contributed by atoms with Gasteiger partial charge in [-0.05, 0) is 60.4 Å². The van der Waals surface area contributed by atoms with Crippen LogP contribution in [0.25, 0.3) is 0 Å². The van der Waals surface area contributed by atoms with Gasteiger partial charge in [0, 0.05) is 6.04 Å². The molecule has 1 atom stereocenters. The molecule has 0 aliphatic heterocycles. The van der Waals surface area contributed by atoms with E-state index in [1.54, 1.807) is 34.6 Å². The Bertz CT molecular complexity index is 362. The van der Waals surface area contributed by atoms with E-state index in [0.717, 1.165) is 19.4 Å². The molecule has 0 saturated heterocycles. The lowest BCUT2D eigenvalue weighted by Crippen LogP contribution is -2.44. The molecule has 0 radical (unpaired) electrons. The Labute approximate surface area is 140 Å². The summed E-state index contributed by atoms with van der Waals surface area (Å²) in [5.74, 6) is -0.414. The highest BCUT2D eigenvalue weighted by Gasteiger charge is 2.25. The largest absolute Gasteiger partial charge is 0.461 e. The molecule has 0 spiro atoms. The number of rotatable bonds is 9. The third-order valence-corrected chi connectivity index (χ3v) is 2.80. The van der Waals surface area contributed by atoms with Crippen LogP contribution in [0.4, 0.5) is 4.79 Å². The highest BCUT2D eigenvalue weighted by Crippen LogP contribution is 2.09. The Morgan fingerprint density at radius 3 is 2.13 bits per heavy atom. The highest BCUT2D eigenvalue weighted by molar-refractivity contribution is 5.81. The Kier molecular flexibility index (Phi) is 9.88. The molecule has 0 aromatic heterocycles. The minimum atomic E-state index is -0.675. The Balaban J connectivity index is 4.45. The Morgan fingerprint density at radius 1 is 1.04 bits per heavy atom. The molecule has 0 aliphatic carbocycles. The molecule has 0 bridgehead atoms. The van der Waals surface area contributed by atoms with Gasteiger partial charge in [0.25, 0.3) is 0 Å². The zero-order valence-corrected chi connectivity index (χ0v) is 15.7. The first kappa shape index (κ1) is 21.7. The van der Waals surface area contributed by atoms with Crippen molar-refractivity contribution in [1.29, 1.82) is 0 Å². The molecule has 0 aromatic carbocycles. The van der Waals surface area contributed by atoms with Crippen molar-refractivity contribution in [3.63, 3.8) is 0 Å². The lowest BCUT2D eigenvalue weighted by Gasteiger charge is -2.23. The smallest absolute Gasteiger partial charge is 0.408 e. The minimum absolute atomic E-state index is 0.215. The summed E-state index contributed by atoms with van der Waals surface area (Å²) in [6.45, 7) is 14.0. The lowest BCUT2D eigenvalue weighted by atomic mass is 10.1. The van der Waals surface area contributed by atoms with Crippen LogP contribution in [0, 0.1) is 0 Å². The van der Waals surface area contributed by atoms with Crippen molar-refractivity contribution in [1.82, 2.24) is 10.6 Å². The summed E-state index contributed by atoms with van der Waals surface area (Å²) in [6, 6.07) is -0.233. The maximum absolute atomic E-state index is 12.1. The van der Waals surface area contributed by atoms with Crippen LogP contribution in [0.15, 0.2) is 0 Å². The number of amides is 1. The van der Waals surface area contributed by atoms with Gasteiger partial charge in [-0.25, -0.2) is 9.59 Å². The highest BCUT2D eigenvalue weighted by atomic mass is 16.6. The number of carbonyl (C=O) groups is 2. The summed E-state index contributed by atoms with van der Waals surface area (Å²) in [7, 11) is 0. The monoisotopic (exact) mass is 330 g/mol. The average Bonchev–Trinajstić information content (AvgIpc) is 2.33. The van der Waals surface area contributed by atoms with Gasteiger partial charge in [0.05, 0.1) is 6.10 Å². The van der Waals surface area contributed by atoms with Gasteiger partial charge in [0.15, 0.2) is 0 Å². The normalized spacial score (nSPS) is 13.1. The molecule has 23 heavy (non-hydrogen) atoms.